The Balaban J connectivity index is 2.43. The molecule has 0 aliphatic heterocycles. The highest BCUT2D eigenvalue weighted by Gasteiger charge is 1.95. The smallest absolute Gasteiger partial charge is 0.264 e. The molecule has 0 fully saturated rings. The second-order valence-electron chi connectivity index (χ2n) is 2.22. The number of aromatic nitrogens is 2. The van der Waals surface area contributed by atoms with Crippen LogP contribution in [0.5, 0.6) is 0 Å². The summed E-state index contributed by atoms with van der Waals surface area (Å²) in [6, 6.07) is 1.48. The van der Waals surface area contributed by atoms with Crippen molar-refractivity contribution in [3.63, 3.8) is 0 Å². The van der Waals surface area contributed by atoms with Gasteiger partial charge in [-0.25, -0.2) is 0 Å². The van der Waals surface area contributed by atoms with Crippen LogP contribution in [0.25, 0.3) is 0 Å². The Labute approximate surface area is 74.5 Å². The maximum Gasteiger partial charge on any atom is 0.264 e. The van der Waals surface area contributed by atoms with Gasteiger partial charge < -0.3 is 15.7 Å². The van der Waals surface area contributed by atoms with Crippen molar-refractivity contribution in [1.29, 1.82) is 0 Å². The number of aromatic amines is 2. The Morgan fingerprint density at radius 3 is 2.92 bits per heavy atom. The number of hydrogen-bond acceptors (Lipinski definition) is 2. The van der Waals surface area contributed by atoms with E-state index in [1.54, 1.807) is 7.05 Å². The summed E-state index contributed by atoms with van der Waals surface area (Å²) in [5.41, 5.74) is 0.639. The summed E-state index contributed by atoms with van der Waals surface area (Å²) in [5, 5.41) is 11.3. The van der Waals surface area contributed by atoms with Crippen LogP contribution in [0.4, 0.5) is 0 Å². The van der Waals surface area contributed by atoms with Crippen LogP contribution in [0, 0.1) is 0 Å². The molecule has 1 aromatic heterocycles. The average Bonchev–Trinajstić information content (AvgIpc) is 2.47. The highest BCUT2D eigenvalue weighted by atomic mass is 32.1. The highest BCUT2D eigenvalue weighted by molar-refractivity contribution is 7.80. The van der Waals surface area contributed by atoms with Crippen molar-refractivity contribution >= 4 is 17.3 Å². The molecule has 0 radical (unpaired) electrons. The predicted octanol–water partition coefficient (Wildman–Crippen LogP) is -0.703. The van der Waals surface area contributed by atoms with Crippen molar-refractivity contribution in [2.24, 2.45) is 0 Å². The Bertz CT molecular complexity index is 315. The van der Waals surface area contributed by atoms with E-state index in [1.807, 2.05) is 0 Å². The first kappa shape index (κ1) is 8.79. The first-order chi connectivity index (χ1) is 5.72. The van der Waals surface area contributed by atoms with Crippen molar-refractivity contribution in [3.05, 3.63) is 22.1 Å². The maximum absolute atomic E-state index is 10.6. The zero-order valence-corrected chi connectivity index (χ0v) is 7.42. The minimum Gasteiger partial charge on any atom is -0.366 e. The molecular weight excluding hydrogens is 176 g/mol. The fourth-order valence-corrected chi connectivity index (χ4v) is 0.804. The van der Waals surface area contributed by atoms with Gasteiger partial charge in [-0.05, 0) is 12.2 Å². The summed E-state index contributed by atoms with van der Waals surface area (Å²) >= 11 is 4.84. The third-order valence-electron chi connectivity index (χ3n) is 1.32. The van der Waals surface area contributed by atoms with Gasteiger partial charge in [-0.15, -0.1) is 0 Å². The third kappa shape index (κ3) is 2.39. The Morgan fingerprint density at radius 1 is 1.67 bits per heavy atom. The Hall–Kier alpha value is -1.30. The van der Waals surface area contributed by atoms with Gasteiger partial charge in [-0.1, -0.05) is 0 Å². The van der Waals surface area contributed by atoms with E-state index in [1.165, 1.54) is 6.07 Å². The molecule has 12 heavy (non-hydrogen) atoms. The second-order valence-corrected chi connectivity index (χ2v) is 2.62. The summed E-state index contributed by atoms with van der Waals surface area (Å²) in [4.78, 5) is 10.6. The molecule has 1 aromatic rings. The monoisotopic (exact) mass is 186 g/mol. The number of rotatable bonds is 2. The normalized spacial score (nSPS) is 9.42. The molecule has 0 unspecified atom stereocenters. The molecule has 1 heterocycles. The van der Waals surface area contributed by atoms with Crippen LogP contribution >= 0.6 is 12.2 Å². The standard InChI is InChI=1S/C6H10N4OS/c1-7-6(12)8-3-4-2-5(11)10-9-4/h2H,3H2,1H3,(H2,7,8,12)(H2,9,10,11). The fourth-order valence-electron chi connectivity index (χ4n) is 0.731. The second kappa shape index (κ2) is 3.91. The van der Waals surface area contributed by atoms with Crippen molar-refractivity contribution in [2.45, 2.75) is 6.54 Å². The first-order valence-electron chi connectivity index (χ1n) is 3.44. The van der Waals surface area contributed by atoms with Gasteiger partial charge in [0.05, 0.1) is 12.2 Å². The van der Waals surface area contributed by atoms with E-state index in [9.17, 15) is 4.79 Å². The summed E-state index contributed by atoms with van der Waals surface area (Å²) in [5.74, 6) is 0. The molecule has 66 valence electrons. The molecule has 0 atom stereocenters. The van der Waals surface area contributed by atoms with Gasteiger partial charge in [0.25, 0.3) is 5.56 Å². The van der Waals surface area contributed by atoms with E-state index in [2.05, 4.69) is 20.8 Å². The number of thiocarbonyl (C=S) groups is 1. The Morgan fingerprint density at radius 2 is 2.42 bits per heavy atom. The number of nitrogens with one attached hydrogen (secondary N) is 4. The Kier molecular flexibility index (Phi) is 2.87. The molecule has 6 heteroatoms. The fraction of sp³-hybridized carbons (Fsp3) is 0.333. The molecule has 0 bridgehead atoms. The molecular formula is C6H10N4OS. The van der Waals surface area contributed by atoms with Crippen LogP contribution in [0.3, 0.4) is 0 Å². The van der Waals surface area contributed by atoms with Gasteiger partial charge in [0.15, 0.2) is 5.11 Å². The topological polar surface area (TPSA) is 72.7 Å². The van der Waals surface area contributed by atoms with Crippen molar-refractivity contribution in [2.75, 3.05) is 7.05 Å². The van der Waals surface area contributed by atoms with Crippen LogP contribution in [-0.2, 0) is 6.54 Å². The van der Waals surface area contributed by atoms with Gasteiger partial charge in [-0.2, -0.15) is 0 Å². The molecule has 0 saturated heterocycles. The van der Waals surface area contributed by atoms with E-state index in [4.69, 9.17) is 12.2 Å². The van der Waals surface area contributed by atoms with Crippen LogP contribution in [-0.4, -0.2) is 22.4 Å². The molecule has 5 nitrogen and oxygen atoms in total. The first-order valence-corrected chi connectivity index (χ1v) is 3.85. The molecule has 0 aliphatic carbocycles. The molecule has 1 rings (SSSR count). The largest absolute Gasteiger partial charge is 0.366 e. The van der Waals surface area contributed by atoms with Gasteiger partial charge >= 0.3 is 0 Å². The van der Waals surface area contributed by atoms with E-state index >= 15 is 0 Å². The van der Waals surface area contributed by atoms with E-state index < -0.39 is 0 Å². The molecule has 0 saturated carbocycles. The van der Waals surface area contributed by atoms with Crippen LogP contribution in [0.1, 0.15) is 5.69 Å². The lowest BCUT2D eigenvalue weighted by atomic mass is 10.4. The maximum atomic E-state index is 10.6. The van der Waals surface area contributed by atoms with Crippen molar-refractivity contribution in [3.8, 4) is 0 Å². The lowest BCUT2D eigenvalue weighted by Crippen LogP contribution is -2.31. The quantitative estimate of drug-likeness (QED) is 0.461. The molecule has 0 aliphatic rings. The molecule has 0 spiro atoms. The number of hydrogen-bond donors (Lipinski definition) is 4. The SMILES string of the molecule is CNC(=S)NCc1cc(=O)[nH][nH]1. The minimum absolute atomic E-state index is 0.137. The van der Waals surface area contributed by atoms with Gasteiger partial charge in [0.1, 0.15) is 0 Å². The van der Waals surface area contributed by atoms with E-state index in [0.29, 0.717) is 11.7 Å². The molecule has 0 aromatic carbocycles. The average molecular weight is 186 g/mol. The molecule has 0 amide bonds. The predicted molar refractivity (Wildman–Crippen MR) is 49.9 cm³/mol. The van der Waals surface area contributed by atoms with Gasteiger partial charge in [-0.3, -0.25) is 9.89 Å². The van der Waals surface area contributed by atoms with Crippen LogP contribution in [0.15, 0.2) is 10.9 Å². The van der Waals surface area contributed by atoms with Gasteiger partial charge in [0.2, 0.25) is 0 Å². The van der Waals surface area contributed by atoms with E-state index in [0.717, 1.165) is 5.69 Å². The zero-order chi connectivity index (χ0) is 8.97. The number of H-pyrrole nitrogens is 2. The lowest BCUT2D eigenvalue weighted by molar-refractivity contribution is 0.843. The molecule has 4 N–H and O–H groups in total. The van der Waals surface area contributed by atoms with Crippen LogP contribution < -0.4 is 16.2 Å². The zero-order valence-electron chi connectivity index (χ0n) is 6.60. The third-order valence-corrected chi connectivity index (χ3v) is 1.67. The lowest BCUT2D eigenvalue weighted by Gasteiger charge is -2.03. The van der Waals surface area contributed by atoms with E-state index in [-0.39, 0.29) is 5.56 Å². The minimum atomic E-state index is -0.137. The van der Waals surface area contributed by atoms with Crippen molar-refractivity contribution < 1.29 is 0 Å². The summed E-state index contributed by atoms with van der Waals surface area (Å²) in [6.45, 7) is 0.512. The highest BCUT2D eigenvalue weighted by Crippen LogP contribution is 1.84. The summed E-state index contributed by atoms with van der Waals surface area (Å²) < 4.78 is 0. The summed E-state index contributed by atoms with van der Waals surface area (Å²) in [6.07, 6.45) is 0. The van der Waals surface area contributed by atoms with Crippen molar-refractivity contribution in [1.82, 2.24) is 20.8 Å². The van der Waals surface area contributed by atoms with Crippen LogP contribution in [0.2, 0.25) is 0 Å². The summed E-state index contributed by atoms with van der Waals surface area (Å²) in [7, 11) is 1.73. The van der Waals surface area contributed by atoms with Gasteiger partial charge in [0, 0.05) is 13.1 Å².